The minimum absolute atomic E-state index is 0.501. The minimum Gasteiger partial charge on any atom is -0.489 e. The van der Waals surface area contributed by atoms with Crippen molar-refractivity contribution >= 4 is 22.6 Å². The lowest BCUT2D eigenvalue weighted by Crippen LogP contribution is -1.94. The maximum atomic E-state index is 9.65. The second-order valence-electron chi connectivity index (χ2n) is 6.11. The van der Waals surface area contributed by atoms with Gasteiger partial charge in [0.1, 0.15) is 12.4 Å². The first kappa shape index (κ1) is 16.6. The van der Waals surface area contributed by atoms with Gasteiger partial charge in [-0.1, -0.05) is 36.4 Å². The molecule has 0 saturated carbocycles. The normalized spacial score (nSPS) is 11.3. The summed E-state index contributed by atoms with van der Waals surface area (Å²) in [6, 6.07) is 23.8. The standard InChI is InChI=1S/C23H17N3O/c24-14-18(12-19-8-4-5-11-25-19)22-15-26-23-10-9-20(13-21(22)23)27-16-17-6-2-1-3-7-17/h1-13,15,26H,16H2/b18-12+. The SMILES string of the molecule is N#C/C(=C\c1ccccn1)c1c[nH]c2ccc(OCc3ccccc3)cc12. The Kier molecular flexibility index (Phi) is 4.67. The first-order valence-corrected chi connectivity index (χ1v) is 8.64. The third-order valence-corrected chi connectivity index (χ3v) is 4.29. The van der Waals surface area contributed by atoms with Gasteiger partial charge < -0.3 is 9.72 Å². The van der Waals surface area contributed by atoms with Crippen molar-refractivity contribution in [2.45, 2.75) is 6.61 Å². The van der Waals surface area contributed by atoms with Crippen molar-refractivity contribution in [3.63, 3.8) is 0 Å². The Morgan fingerprint density at radius 2 is 1.93 bits per heavy atom. The third-order valence-electron chi connectivity index (χ3n) is 4.29. The Morgan fingerprint density at radius 1 is 1.07 bits per heavy atom. The van der Waals surface area contributed by atoms with E-state index in [0.717, 1.165) is 33.5 Å². The highest BCUT2D eigenvalue weighted by Gasteiger charge is 2.10. The molecule has 4 aromatic rings. The summed E-state index contributed by atoms with van der Waals surface area (Å²) < 4.78 is 5.93. The zero-order valence-electron chi connectivity index (χ0n) is 14.6. The fourth-order valence-corrected chi connectivity index (χ4v) is 2.93. The van der Waals surface area contributed by atoms with Crippen LogP contribution in [0.15, 0.2) is 79.1 Å². The second-order valence-corrected chi connectivity index (χ2v) is 6.11. The van der Waals surface area contributed by atoms with E-state index < -0.39 is 0 Å². The Hall–Kier alpha value is -3.84. The monoisotopic (exact) mass is 351 g/mol. The fourth-order valence-electron chi connectivity index (χ4n) is 2.93. The molecule has 0 radical (unpaired) electrons. The van der Waals surface area contributed by atoms with E-state index in [9.17, 15) is 5.26 Å². The molecule has 130 valence electrons. The molecule has 2 heterocycles. The van der Waals surface area contributed by atoms with Crippen LogP contribution in [0, 0.1) is 11.3 Å². The Balaban J connectivity index is 1.65. The lowest BCUT2D eigenvalue weighted by Gasteiger charge is -2.07. The van der Waals surface area contributed by atoms with Gasteiger partial charge in [-0.3, -0.25) is 4.98 Å². The molecule has 0 fully saturated rings. The van der Waals surface area contributed by atoms with Crippen LogP contribution in [-0.4, -0.2) is 9.97 Å². The van der Waals surface area contributed by atoms with Gasteiger partial charge in [0.25, 0.3) is 0 Å². The molecule has 0 spiro atoms. The average molecular weight is 351 g/mol. The van der Waals surface area contributed by atoms with Crippen LogP contribution in [0.5, 0.6) is 5.75 Å². The lowest BCUT2D eigenvalue weighted by atomic mass is 10.0. The zero-order chi connectivity index (χ0) is 18.5. The quantitative estimate of drug-likeness (QED) is 0.502. The molecule has 27 heavy (non-hydrogen) atoms. The first-order valence-electron chi connectivity index (χ1n) is 8.64. The first-order chi connectivity index (χ1) is 13.3. The molecular weight excluding hydrogens is 334 g/mol. The summed E-state index contributed by atoms with van der Waals surface area (Å²) in [5.74, 6) is 0.766. The predicted octanol–water partition coefficient (Wildman–Crippen LogP) is 5.21. The van der Waals surface area contributed by atoms with E-state index in [1.165, 1.54) is 0 Å². The predicted molar refractivity (Wildman–Crippen MR) is 107 cm³/mol. The number of benzene rings is 2. The largest absolute Gasteiger partial charge is 0.489 e. The molecule has 0 atom stereocenters. The molecule has 4 rings (SSSR count). The van der Waals surface area contributed by atoms with Crippen LogP contribution in [0.2, 0.25) is 0 Å². The molecule has 4 heteroatoms. The van der Waals surface area contributed by atoms with Crippen LogP contribution in [0.4, 0.5) is 0 Å². The molecule has 0 amide bonds. The summed E-state index contributed by atoms with van der Waals surface area (Å²) in [4.78, 5) is 7.50. The van der Waals surface area contributed by atoms with E-state index >= 15 is 0 Å². The number of fused-ring (bicyclic) bond motifs is 1. The highest BCUT2D eigenvalue weighted by molar-refractivity contribution is 6.01. The summed E-state index contributed by atoms with van der Waals surface area (Å²) in [5.41, 5.74) is 4.21. The van der Waals surface area contributed by atoms with Crippen LogP contribution in [-0.2, 0) is 6.61 Å². The van der Waals surface area contributed by atoms with Gasteiger partial charge in [0.15, 0.2) is 0 Å². The number of nitrogens with one attached hydrogen (secondary N) is 1. The molecule has 0 aliphatic rings. The number of hydrogen-bond donors (Lipinski definition) is 1. The van der Waals surface area contributed by atoms with Gasteiger partial charge in [-0.05, 0) is 42.0 Å². The van der Waals surface area contributed by atoms with Gasteiger partial charge >= 0.3 is 0 Å². The molecule has 0 unspecified atom stereocenters. The molecule has 4 nitrogen and oxygen atoms in total. The van der Waals surface area contributed by atoms with Crippen molar-refractivity contribution in [3.05, 3.63) is 95.9 Å². The fraction of sp³-hybridized carbons (Fsp3) is 0.0435. The van der Waals surface area contributed by atoms with Crippen molar-refractivity contribution in [2.75, 3.05) is 0 Å². The molecule has 0 saturated heterocycles. The Morgan fingerprint density at radius 3 is 2.70 bits per heavy atom. The maximum absolute atomic E-state index is 9.65. The van der Waals surface area contributed by atoms with Gasteiger partial charge in [0, 0.05) is 28.9 Å². The van der Waals surface area contributed by atoms with E-state index in [1.807, 2.05) is 72.9 Å². The molecule has 0 bridgehead atoms. The van der Waals surface area contributed by atoms with E-state index in [4.69, 9.17) is 4.74 Å². The number of ether oxygens (including phenoxy) is 1. The second kappa shape index (κ2) is 7.59. The number of aromatic amines is 1. The van der Waals surface area contributed by atoms with Crippen LogP contribution in [0.25, 0.3) is 22.6 Å². The summed E-state index contributed by atoms with van der Waals surface area (Å²) in [6.07, 6.45) is 5.36. The molecule has 2 aromatic heterocycles. The summed E-state index contributed by atoms with van der Waals surface area (Å²) in [5, 5.41) is 10.6. The number of aromatic nitrogens is 2. The van der Waals surface area contributed by atoms with Crippen molar-refractivity contribution in [1.29, 1.82) is 5.26 Å². The number of nitrogens with zero attached hydrogens (tertiary/aromatic N) is 2. The molecule has 1 N–H and O–H groups in total. The van der Waals surface area contributed by atoms with Gasteiger partial charge in [-0.15, -0.1) is 0 Å². The van der Waals surface area contributed by atoms with Crippen molar-refractivity contribution in [3.8, 4) is 11.8 Å². The third kappa shape index (κ3) is 3.73. The maximum Gasteiger partial charge on any atom is 0.120 e. The summed E-state index contributed by atoms with van der Waals surface area (Å²) in [6.45, 7) is 0.501. The zero-order valence-corrected chi connectivity index (χ0v) is 14.6. The van der Waals surface area contributed by atoms with E-state index in [0.29, 0.717) is 12.2 Å². The number of nitriles is 1. The Bertz CT molecular complexity index is 1120. The summed E-state index contributed by atoms with van der Waals surface area (Å²) in [7, 11) is 0. The van der Waals surface area contributed by atoms with Gasteiger partial charge in [-0.2, -0.15) is 5.26 Å². The van der Waals surface area contributed by atoms with Crippen molar-refractivity contribution in [1.82, 2.24) is 9.97 Å². The van der Waals surface area contributed by atoms with Crippen molar-refractivity contribution in [2.24, 2.45) is 0 Å². The van der Waals surface area contributed by atoms with Crippen LogP contribution in [0.1, 0.15) is 16.8 Å². The van der Waals surface area contributed by atoms with Gasteiger partial charge in [0.2, 0.25) is 0 Å². The smallest absolute Gasteiger partial charge is 0.120 e. The molecular formula is C23H17N3O. The highest BCUT2D eigenvalue weighted by Crippen LogP contribution is 2.29. The molecule has 0 aliphatic carbocycles. The van der Waals surface area contributed by atoms with E-state index in [1.54, 1.807) is 12.3 Å². The number of allylic oxidation sites excluding steroid dienone is 1. The number of hydrogen-bond acceptors (Lipinski definition) is 3. The van der Waals surface area contributed by atoms with E-state index in [-0.39, 0.29) is 0 Å². The summed E-state index contributed by atoms with van der Waals surface area (Å²) >= 11 is 0. The van der Waals surface area contributed by atoms with Crippen LogP contribution in [0.3, 0.4) is 0 Å². The molecule has 2 aromatic carbocycles. The van der Waals surface area contributed by atoms with Crippen LogP contribution < -0.4 is 4.74 Å². The number of H-pyrrole nitrogens is 1. The van der Waals surface area contributed by atoms with Gasteiger partial charge in [-0.25, -0.2) is 0 Å². The lowest BCUT2D eigenvalue weighted by molar-refractivity contribution is 0.306. The minimum atomic E-state index is 0.501. The number of rotatable bonds is 5. The highest BCUT2D eigenvalue weighted by atomic mass is 16.5. The molecule has 0 aliphatic heterocycles. The van der Waals surface area contributed by atoms with E-state index in [2.05, 4.69) is 16.0 Å². The van der Waals surface area contributed by atoms with Crippen molar-refractivity contribution < 1.29 is 4.74 Å². The Labute approximate surface area is 157 Å². The topological polar surface area (TPSA) is 61.7 Å². The number of pyridine rings is 1. The average Bonchev–Trinajstić information content (AvgIpc) is 3.15. The van der Waals surface area contributed by atoms with Crippen LogP contribution >= 0.6 is 0 Å². The van der Waals surface area contributed by atoms with Gasteiger partial charge in [0.05, 0.1) is 17.3 Å².